The van der Waals surface area contributed by atoms with Crippen molar-refractivity contribution in [1.29, 1.82) is 0 Å². The van der Waals surface area contributed by atoms with Gasteiger partial charge < -0.3 is 10.0 Å². The van der Waals surface area contributed by atoms with Gasteiger partial charge in [-0.2, -0.15) is 0 Å². The predicted octanol–water partition coefficient (Wildman–Crippen LogP) is 3.31. The lowest BCUT2D eigenvalue weighted by molar-refractivity contribution is -0.137. The molecule has 1 fully saturated rings. The van der Waals surface area contributed by atoms with Crippen LogP contribution in [0.1, 0.15) is 36.0 Å². The zero-order chi connectivity index (χ0) is 15.4. The average Bonchev–Trinajstić information content (AvgIpc) is 2.47. The molecule has 0 unspecified atom stereocenters. The number of carboxylic acid groups (broad SMARTS) is 1. The molecule has 1 heterocycles. The van der Waals surface area contributed by atoms with Gasteiger partial charge in [0, 0.05) is 24.0 Å². The van der Waals surface area contributed by atoms with Crippen molar-refractivity contribution in [3.8, 4) is 0 Å². The molecule has 1 N–H and O–H groups in total. The van der Waals surface area contributed by atoms with Gasteiger partial charge in [0.15, 0.2) is 0 Å². The Morgan fingerprint density at radius 1 is 1.33 bits per heavy atom. The molecule has 0 spiro atoms. The molecule has 21 heavy (non-hydrogen) atoms. The van der Waals surface area contributed by atoms with Gasteiger partial charge in [-0.05, 0) is 59.3 Å². The topological polar surface area (TPSA) is 57.6 Å². The van der Waals surface area contributed by atoms with Crippen molar-refractivity contribution < 1.29 is 19.1 Å². The van der Waals surface area contributed by atoms with E-state index in [1.807, 2.05) is 0 Å². The Morgan fingerprint density at radius 3 is 2.62 bits per heavy atom. The first-order valence-corrected chi connectivity index (χ1v) is 7.73. The lowest BCUT2D eigenvalue weighted by Gasteiger charge is -2.32. The molecule has 0 atom stereocenters. The molecular weight excluding hydrogens is 341 g/mol. The summed E-state index contributed by atoms with van der Waals surface area (Å²) < 4.78 is 13.9. The number of hydrogen-bond acceptors (Lipinski definition) is 2. The molecule has 0 aliphatic carbocycles. The second kappa shape index (κ2) is 7.02. The van der Waals surface area contributed by atoms with Crippen LogP contribution >= 0.6 is 15.9 Å². The second-order valence-electron chi connectivity index (χ2n) is 5.29. The van der Waals surface area contributed by atoms with Gasteiger partial charge in [-0.1, -0.05) is 0 Å². The van der Waals surface area contributed by atoms with Gasteiger partial charge in [0.25, 0.3) is 5.91 Å². The highest BCUT2D eigenvalue weighted by molar-refractivity contribution is 9.10. The van der Waals surface area contributed by atoms with Crippen LogP contribution in [0.2, 0.25) is 0 Å². The van der Waals surface area contributed by atoms with Gasteiger partial charge in [-0.3, -0.25) is 9.59 Å². The van der Waals surface area contributed by atoms with E-state index in [9.17, 15) is 14.0 Å². The molecule has 2 rings (SSSR count). The van der Waals surface area contributed by atoms with Crippen LogP contribution in [0.25, 0.3) is 0 Å². The Balaban J connectivity index is 1.94. The van der Waals surface area contributed by atoms with Gasteiger partial charge >= 0.3 is 5.97 Å². The van der Waals surface area contributed by atoms with Crippen LogP contribution in [0.15, 0.2) is 22.7 Å². The van der Waals surface area contributed by atoms with Crippen molar-refractivity contribution >= 4 is 27.8 Å². The molecular formula is C15H17BrFNO3. The SMILES string of the molecule is O=C(O)CCC1CCN(C(=O)c2cc(F)ccc2Br)CC1. The number of carbonyl (C=O) groups excluding carboxylic acids is 1. The zero-order valence-corrected chi connectivity index (χ0v) is 13.1. The summed E-state index contributed by atoms with van der Waals surface area (Å²) in [5.41, 5.74) is 0.332. The van der Waals surface area contributed by atoms with Crippen LogP contribution in [-0.2, 0) is 4.79 Å². The van der Waals surface area contributed by atoms with Crippen LogP contribution in [0.3, 0.4) is 0 Å². The zero-order valence-electron chi connectivity index (χ0n) is 11.5. The maximum Gasteiger partial charge on any atom is 0.303 e. The Hall–Kier alpha value is -1.43. The summed E-state index contributed by atoms with van der Waals surface area (Å²) in [6, 6.07) is 4.07. The minimum Gasteiger partial charge on any atom is -0.481 e. The Kier molecular flexibility index (Phi) is 5.33. The van der Waals surface area contributed by atoms with E-state index < -0.39 is 11.8 Å². The second-order valence-corrected chi connectivity index (χ2v) is 6.15. The van der Waals surface area contributed by atoms with Crippen molar-refractivity contribution in [2.45, 2.75) is 25.7 Å². The van der Waals surface area contributed by atoms with E-state index in [0.29, 0.717) is 35.5 Å². The third-order valence-corrected chi connectivity index (χ3v) is 4.52. The molecule has 0 bridgehead atoms. The van der Waals surface area contributed by atoms with E-state index in [0.717, 1.165) is 12.8 Å². The minimum atomic E-state index is -0.780. The molecule has 1 aromatic rings. The van der Waals surface area contributed by atoms with Crippen LogP contribution in [0.4, 0.5) is 4.39 Å². The van der Waals surface area contributed by atoms with E-state index >= 15 is 0 Å². The molecule has 1 saturated heterocycles. The molecule has 0 aromatic heterocycles. The molecule has 114 valence electrons. The van der Waals surface area contributed by atoms with Crippen LogP contribution in [-0.4, -0.2) is 35.0 Å². The maximum atomic E-state index is 13.3. The smallest absolute Gasteiger partial charge is 0.303 e. The van der Waals surface area contributed by atoms with E-state index in [-0.39, 0.29) is 12.3 Å². The maximum absolute atomic E-state index is 13.3. The molecule has 6 heteroatoms. The van der Waals surface area contributed by atoms with Crippen LogP contribution in [0, 0.1) is 11.7 Å². The Bertz CT molecular complexity index is 542. The highest BCUT2D eigenvalue weighted by Gasteiger charge is 2.25. The summed E-state index contributed by atoms with van der Waals surface area (Å²) in [7, 11) is 0. The van der Waals surface area contributed by atoms with E-state index in [1.165, 1.54) is 18.2 Å². The highest BCUT2D eigenvalue weighted by atomic mass is 79.9. The number of carboxylic acids is 1. The average molecular weight is 358 g/mol. The number of halogens is 2. The predicted molar refractivity (Wildman–Crippen MR) is 79.6 cm³/mol. The summed E-state index contributed by atoms with van der Waals surface area (Å²) >= 11 is 3.27. The number of aliphatic carboxylic acids is 1. The number of nitrogens with zero attached hydrogens (tertiary/aromatic N) is 1. The van der Waals surface area contributed by atoms with E-state index in [4.69, 9.17) is 5.11 Å². The van der Waals surface area contributed by atoms with Gasteiger partial charge in [0.2, 0.25) is 0 Å². The number of hydrogen-bond donors (Lipinski definition) is 1. The van der Waals surface area contributed by atoms with Gasteiger partial charge in [0.1, 0.15) is 5.82 Å². The first-order chi connectivity index (χ1) is 9.97. The molecule has 0 radical (unpaired) electrons. The largest absolute Gasteiger partial charge is 0.481 e. The van der Waals surface area contributed by atoms with Crippen molar-refractivity contribution in [2.75, 3.05) is 13.1 Å². The van der Waals surface area contributed by atoms with Crippen molar-refractivity contribution in [3.05, 3.63) is 34.1 Å². The highest BCUT2D eigenvalue weighted by Crippen LogP contribution is 2.25. The van der Waals surface area contributed by atoms with E-state index in [1.54, 1.807) is 4.90 Å². The fourth-order valence-electron chi connectivity index (χ4n) is 2.58. The Labute approximate surface area is 131 Å². The normalized spacial score (nSPS) is 16.0. The summed E-state index contributed by atoms with van der Waals surface area (Å²) in [6.45, 7) is 1.18. The number of carbonyl (C=O) groups is 2. The fraction of sp³-hybridized carbons (Fsp3) is 0.467. The monoisotopic (exact) mass is 357 g/mol. The first kappa shape index (κ1) is 15.9. The lowest BCUT2D eigenvalue weighted by Crippen LogP contribution is -2.38. The molecule has 4 nitrogen and oxygen atoms in total. The first-order valence-electron chi connectivity index (χ1n) is 6.93. The van der Waals surface area contributed by atoms with Gasteiger partial charge in [-0.25, -0.2) is 4.39 Å². The standard InChI is InChI=1S/C15H17BrFNO3/c16-13-3-2-11(17)9-12(13)15(21)18-7-5-10(6-8-18)1-4-14(19)20/h2-3,9-10H,1,4-8H2,(H,19,20). The van der Waals surface area contributed by atoms with Crippen LogP contribution < -0.4 is 0 Å². The molecule has 1 aliphatic rings. The number of amides is 1. The third kappa shape index (κ3) is 4.27. The minimum absolute atomic E-state index is 0.175. The molecule has 0 saturated carbocycles. The third-order valence-electron chi connectivity index (χ3n) is 3.83. The molecule has 1 aliphatic heterocycles. The molecule has 1 amide bonds. The van der Waals surface area contributed by atoms with Crippen molar-refractivity contribution in [1.82, 2.24) is 4.90 Å². The number of rotatable bonds is 4. The molecule has 1 aromatic carbocycles. The van der Waals surface area contributed by atoms with Crippen LogP contribution in [0.5, 0.6) is 0 Å². The van der Waals surface area contributed by atoms with Gasteiger partial charge in [-0.15, -0.1) is 0 Å². The quantitative estimate of drug-likeness (QED) is 0.899. The summed E-state index contributed by atoms with van der Waals surface area (Å²) in [6.07, 6.45) is 2.42. The summed E-state index contributed by atoms with van der Waals surface area (Å²) in [5.74, 6) is -1.05. The number of likely N-dealkylation sites (tertiary alicyclic amines) is 1. The number of benzene rings is 1. The summed E-state index contributed by atoms with van der Waals surface area (Å²) in [5, 5.41) is 8.68. The summed E-state index contributed by atoms with van der Waals surface area (Å²) in [4.78, 5) is 24.6. The number of piperidine rings is 1. The fourth-order valence-corrected chi connectivity index (χ4v) is 3.00. The van der Waals surface area contributed by atoms with Crippen molar-refractivity contribution in [3.63, 3.8) is 0 Å². The van der Waals surface area contributed by atoms with E-state index in [2.05, 4.69) is 15.9 Å². The lowest BCUT2D eigenvalue weighted by atomic mass is 9.92. The van der Waals surface area contributed by atoms with Gasteiger partial charge in [0.05, 0.1) is 5.56 Å². The van der Waals surface area contributed by atoms with Crippen molar-refractivity contribution in [2.24, 2.45) is 5.92 Å². The Morgan fingerprint density at radius 2 is 2.00 bits per heavy atom.